The van der Waals surface area contributed by atoms with Crippen molar-refractivity contribution < 1.29 is 4.74 Å². The highest BCUT2D eigenvalue weighted by Gasteiger charge is 2.24. The van der Waals surface area contributed by atoms with Crippen molar-refractivity contribution in [2.75, 3.05) is 26.7 Å². The van der Waals surface area contributed by atoms with E-state index in [0.29, 0.717) is 6.04 Å². The number of hydrogen-bond acceptors (Lipinski definition) is 4. The Morgan fingerprint density at radius 1 is 1.35 bits per heavy atom. The van der Waals surface area contributed by atoms with E-state index in [4.69, 9.17) is 4.74 Å². The lowest BCUT2D eigenvalue weighted by molar-refractivity contribution is 0.152. The highest BCUT2D eigenvalue weighted by atomic mass is 16.5. The summed E-state index contributed by atoms with van der Waals surface area (Å²) in [6, 6.07) is 8.74. The fourth-order valence-corrected chi connectivity index (χ4v) is 2.68. The van der Waals surface area contributed by atoms with Gasteiger partial charge in [-0.3, -0.25) is 4.90 Å². The number of piperazine rings is 1. The molecule has 5 heteroatoms. The molecule has 1 aliphatic rings. The summed E-state index contributed by atoms with van der Waals surface area (Å²) >= 11 is 0. The molecule has 0 radical (unpaired) electrons. The van der Waals surface area contributed by atoms with E-state index >= 15 is 0 Å². The van der Waals surface area contributed by atoms with Crippen LogP contribution in [0.2, 0.25) is 0 Å². The van der Waals surface area contributed by atoms with Gasteiger partial charge in [0.1, 0.15) is 5.75 Å². The number of benzene rings is 1. The molecular formula is C15H20N4O. The highest BCUT2D eigenvalue weighted by Crippen LogP contribution is 2.25. The molecular weight excluding hydrogens is 252 g/mol. The van der Waals surface area contributed by atoms with Crippen molar-refractivity contribution >= 4 is 0 Å². The van der Waals surface area contributed by atoms with E-state index in [1.54, 1.807) is 13.4 Å². The number of aromatic amines is 1. The summed E-state index contributed by atoms with van der Waals surface area (Å²) in [5.74, 6) is 0.901. The summed E-state index contributed by atoms with van der Waals surface area (Å²) in [5, 5.41) is 3.47. The minimum Gasteiger partial charge on any atom is -0.497 e. The first-order chi connectivity index (χ1) is 9.86. The number of nitrogens with one attached hydrogen (secondary N) is 2. The van der Waals surface area contributed by atoms with Crippen molar-refractivity contribution in [3.63, 3.8) is 0 Å². The molecule has 2 heterocycles. The van der Waals surface area contributed by atoms with Gasteiger partial charge in [-0.05, 0) is 17.7 Å². The topological polar surface area (TPSA) is 53.2 Å². The van der Waals surface area contributed by atoms with Crippen molar-refractivity contribution in [3.05, 3.63) is 48.0 Å². The molecule has 1 aromatic carbocycles. The van der Waals surface area contributed by atoms with Gasteiger partial charge in [-0.15, -0.1) is 0 Å². The second-order valence-electron chi connectivity index (χ2n) is 5.04. The fraction of sp³-hybridized carbons (Fsp3) is 0.400. The van der Waals surface area contributed by atoms with E-state index in [9.17, 15) is 0 Å². The molecule has 1 aromatic heterocycles. The van der Waals surface area contributed by atoms with Crippen LogP contribution in [0.5, 0.6) is 5.75 Å². The molecule has 0 aliphatic carbocycles. The minimum atomic E-state index is 0.387. The molecule has 0 spiro atoms. The molecule has 3 rings (SSSR count). The average molecular weight is 272 g/mol. The molecule has 5 nitrogen and oxygen atoms in total. The van der Waals surface area contributed by atoms with Gasteiger partial charge < -0.3 is 15.0 Å². The van der Waals surface area contributed by atoms with Crippen LogP contribution >= 0.6 is 0 Å². The number of aromatic nitrogens is 2. The van der Waals surface area contributed by atoms with Gasteiger partial charge in [-0.1, -0.05) is 12.1 Å². The zero-order valence-electron chi connectivity index (χ0n) is 11.7. The van der Waals surface area contributed by atoms with Gasteiger partial charge in [0.2, 0.25) is 0 Å². The van der Waals surface area contributed by atoms with Gasteiger partial charge in [-0.25, -0.2) is 4.98 Å². The molecule has 1 fully saturated rings. The van der Waals surface area contributed by atoms with E-state index in [1.165, 1.54) is 5.56 Å². The summed E-state index contributed by atoms with van der Waals surface area (Å²) in [5.41, 5.74) is 2.47. The van der Waals surface area contributed by atoms with Crippen molar-refractivity contribution in [2.24, 2.45) is 0 Å². The van der Waals surface area contributed by atoms with E-state index < -0.39 is 0 Å². The predicted molar refractivity (Wildman–Crippen MR) is 77.6 cm³/mol. The lowest BCUT2D eigenvalue weighted by atomic mass is 10.0. The smallest absolute Gasteiger partial charge is 0.118 e. The Kier molecular flexibility index (Phi) is 3.99. The Morgan fingerprint density at radius 2 is 2.20 bits per heavy atom. The molecule has 1 saturated heterocycles. The Labute approximate surface area is 119 Å². The summed E-state index contributed by atoms with van der Waals surface area (Å²) < 4.78 is 5.23. The fourth-order valence-electron chi connectivity index (χ4n) is 2.68. The largest absolute Gasteiger partial charge is 0.497 e. The van der Waals surface area contributed by atoms with Crippen LogP contribution in [0.25, 0.3) is 0 Å². The second-order valence-corrected chi connectivity index (χ2v) is 5.04. The summed E-state index contributed by atoms with van der Waals surface area (Å²) in [4.78, 5) is 9.75. The van der Waals surface area contributed by atoms with Crippen LogP contribution < -0.4 is 10.1 Å². The Bertz CT molecular complexity index is 523. The number of hydrogen-bond donors (Lipinski definition) is 2. The number of methoxy groups -OCH3 is 1. The molecule has 2 aromatic rings. The minimum absolute atomic E-state index is 0.387. The molecule has 2 N–H and O–H groups in total. The number of H-pyrrole nitrogens is 1. The van der Waals surface area contributed by atoms with Gasteiger partial charge in [0.25, 0.3) is 0 Å². The third-order valence-corrected chi connectivity index (χ3v) is 3.78. The van der Waals surface area contributed by atoms with Crippen LogP contribution in [0, 0.1) is 0 Å². The SMILES string of the molecule is COc1ccc([C@H]2CNCCN2Cc2cnc[nH]2)cc1. The van der Waals surface area contributed by atoms with Gasteiger partial charge in [0, 0.05) is 44.1 Å². The quantitative estimate of drug-likeness (QED) is 0.887. The van der Waals surface area contributed by atoms with Gasteiger partial charge in [-0.2, -0.15) is 0 Å². The van der Waals surface area contributed by atoms with Crippen LogP contribution in [0.3, 0.4) is 0 Å². The van der Waals surface area contributed by atoms with Crippen molar-refractivity contribution in [2.45, 2.75) is 12.6 Å². The standard InChI is InChI=1S/C15H20N4O/c1-20-14-4-2-12(3-5-14)15-9-16-6-7-19(15)10-13-8-17-11-18-13/h2-5,8,11,15-16H,6-7,9-10H2,1H3,(H,17,18)/t15-/m1/s1. The van der Waals surface area contributed by atoms with E-state index in [0.717, 1.165) is 37.6 Å². The molecule has 0 bridgehead atoms. The molecule has 106 valence electrons. The van der Waals surface area contributed by atoms with Crippen LogP contribution in [0.1, 0.15) is 17.3 Å². The van der Waals surface area contributed by atoms with Crippen LogP contribution in [-0.2, 0) is 6.54 Å². The summed E-state index contributed by atoms with van der Waals surface area (Å²) in [7, 11) is 1.70. The van der Waals surface area contributed by atoms with E-state index in [-0.39, 0.29) is 0 Å². The molecule has 20 heavy (non-hydrogen) atoms. The van der Waals surface area contributed by atoms with Crippen LogP contribution in [0.4, 0.5) is 0 Å². The lowest BCUT2D eigenvalue weighted by Crippen LogP contribution is -2.45. The molecule has 0 unspecified atom stereocenters. The van der Waals surface area contributed by atoms with Gasteiger partial charge in [0.05, 0.1) is 13.4 Å². The maximum absolute atomic E-state index is 5.23. The van der Waals surface area contributed by atoms with E-state index in [1.807, 2.05) is 18.3 Å². The average Bonchev–Trinajstić information content (AvgIpc) is 3.01. The summed E-state index contributed by atoms with van der Waals surface area (Å²) in [6.07, 6.45) is 3.63. The van der Waals surface area contributed by atoms with Crippen molar-refractivity contribution in [1.29, 1.82) is 0 Å². The third kappa shape index (κ3) is 2.84. The Hall–Kier alpha value is -1.85. The maximum Gasteiger partial charge on any atom is 0.118 e. The molecule has 0 amide bonds. The normalized spacial score (nSPS) is 19.9. The second kappa shape index (κ2) is 6.07. The number of rotatable bonds is 4. The number of ether oxygens (including phenoxy) is 1. The van der Waals surface area contributed by atoms with Gasteiger partial charge >= 0.3 is 0 Å². The zero-order chi connectivity index (χ0) is 13.8. The van der Waals surface area contributed by atoms with Crippen molar-refractivity contribution in [1.82, 2.24) is 20.2 Å². The monoisotopic (exact) mass is 272 g/mol. The predicted octanol–water partition coefficient (Wildman–Crippen LogP) is 1.56. The van der Waals surface area contributed by atoms with Crippen LogP contribution in [-0.4, -0.2) is 41.6 Å². The summed E-state index contributed by atoms with van der Waals surface area (Å²) in [6.45, 7) is 3.94. The van der Waals surface area contributed by atoms with E-state index in [2.05, 4.69) is 32.3 Å². The van der Waals surface area contributed by atoms with Gasteiger partial charge in [0.15, 0.2) is 0 Å². The Balaban J connectivity index is 1.77. The first kappa shape index (κ1) is 13.1. The highest BCUT2D eigenvalue weighted by molar-refractivity contribution is 5.29. The lowest BCUT2D eigenvalue weighted by Gasteiger charge is -2.36. The van der Waals surface area contributed by atoms with Crippen molar-refractivity contribution in [3.8, 4) is 5.75 Å². The molecule has 0 saturated carbocycles. The Morgan fingerprint density at radius 3 is 2.90 bits per heavy atom. The van der Waals surface area contributed by atoms with Crippen LogP contribution in [0.15, 0.2) is 36.8 Å². The maximum atomic E-state index is 5.23. The third-order valence-electron chi connectivity index (χ3n) is 3.78. The molecule has 1 aliphatic heterocycles. The number of imidazole rings is 1. The zero-order valence-corrected chi connectivity index (χ0v) is 11.7. The first-order valence-electron chi connectivity index (χ1n) is 6.93. The number of nitrogens with zero attached hydrogens (tertiary/aromatic N) is 2. The first-order valence-corrected chi connectivity index (χ1v) is 6.93. The molecule has 1 atom stereocenters.